The summed E-state index contributed by atoms with van der Waals surface area (Å²) in [5.74, 6) is 0. The van der Waals surface area contributed by atoms with Gasteiger partial charge in [-0.2, -0.15) is 5.26 Å². The number of nitrogens with one attached hydrogen (secondary N) is 1. The van der Waals surface area contributed by atoms with Crippen molar-refractivity contribution >= 4 is 0 Å². The first-order chi connectivity index (χ1) is 9.61. The summed E-state index contributed by atoms with van der Waals surface area (Å²) in [5, 5.41) is 12.6. The highest BCUT2D eigenvalue weighted by molar-refractivity contribution is 5.03. The molecular weight excluding hydrogens is 254 g/mol. The summed E-state index contributed by atoms with van der Waals surface area (Å²) >= 11 is 0. The first kappa shape index (κ1) is 19.3. The van der Waals surface area contributed by atoms with Crippen LogP contribution in [-0.2, 0) is 9.47 Å². The summed E-state index contributed by atoms with van der Waals surface area (Å²) in [6, 6.07) is 2.39. The number of hydrogen-bond acceptors (Lipinski definition) is 5. The third-order valence-electron chi connectivity index (χ3n) is 3.39. The van der Waals surface area contributed by atoms with Gasteiger partial charge in [0.05, 0.1) is 19.3 Å². The van der Waals surface area contributed by atoms with Crippen LogP contribution in [0.1, 0.15) is 33.1 Å². The Bertz CT molecular complexity index is 260. The molecule has 0 bridgehead atoms. The lowest BCUT2D eigenvalue weighted by atomic mass is 9.97. The van der Waals surface area contributed by atoms with Gasteiger partial charge in [-0.1, -0.05) is 6.92 Å². The molecule has 1 N–H and O–H groups in total. The van der Waals surface area contributed by atoms with Crippen LogP contribution in [0.2, 0.25) is 0 Å². The number of methoxy groups -OCH3 is 2. The Labute approximate surface area is 124 Å². The zero-order valence-electron chi connectivity index (χ0n) is 13.6. The highest BCUT2D eigenvalue weighted by Gasteiger charge is 2.22. The van der Waals surface area contributed by atoms with Crippen LogP contribution in [0, 0.1) is 11.3 Å². The zero-order valence-corrected chi connectivity index (χ0v) is 13.6. The van der Waals surface area contributed by atoms with E-state index in [1.807, 2.05) is 6.92 Å². The summed E-state index contributed by atoms with van der Waals surface area (Å²) < 4.78 is 10.3. The molecule has 0 spiro atoms. The minimum atomic E-state index is -0.413. The molecule has 0 aromatic carbocycles. The molecule has 0 aromatic rings. The van der Waals surface area contributed by atoms with Crippen molar-refractivity contribution in [1.29, 1.82) is 5.26 Å². The van der Waals surface area contributed by atoms with Crippen molar-refractivity contribution in [2.45, 2.75) is 38.6 Å². The molecule has 0 heterocycles. The predicted octanol–water partition coefficient (Wildman–Crippen LogP) is 1.64. The lowest BCUT2D eigenvalue weighted by Crippen LogP contribution is -2.42. The topological polar surface area (TPSA) is 57.5 Å². The molecule has 0 saturated heterocycles. The van der Waals surface area contributed by atoms with Crippen LogP contribution in [0.3, 0.4) is 0 Å². The third kappa shape index (κ3) is 9.27. The standard InChI is InChI=1S/C15H31N3O2/c1-5-8-17-15(2,14-16)7-6-9-18(10-12-19-3)11-13-20-4/h17H,5-13H2,1-4H3. The number of nitrogens with zero attached hydrogens (tertiary/aromatic N) is 2. The molecule has 1 atom stereocenters. The van der Waals surface area contributed by atoms with Gasteiger partial charge in [0.25, 0.3) is 0 Å². The second-order valence-electron chi connectivity index (χ2n) is 5.30. The van der Waals surface area contributed by atoms with Crippen LogP contribution in [0.25, 0.3) is 0 Å². The van der Waals surface area contributed by atoms with E-state index in [9.17, 15) is 5.26 Å². The van der Waals surface area contributed by atoms with E-state index in [-0.39, 0.29) is 0 Å². The summed E-state index contributed by atoms with van der Waals surface area (Å²) in [6.07, 6.45) is 2.90. The van der Waals surface area contributed by atoms with E-state index in [2.05, 4.69) is 23.2 Å². The first-order valence-electron chi connectivity index (χ1n) is 7.48. The average Bonchev–Trinajstić information content (AvgIpc) is 2.47. The smallest absolute Gasteiger partial charge is 0.103 e. The maximum atomic E-state index is 9.29. The molecule has 118 valence electrons. The van der Waals surface area contributed by atoms with E-state index in [0.717, 1.165) is 58.7 Å². The molecule has 0 aliphatic heterocycles. The van der Waals surface area contributed by atoms with Crippen molar-refractivity contribution in [3.05, 3.63) is 0 Å². The molecule has 0 aliphatic carbocycles. The fourth-order valence-electron chi connectivity index (χ4n) is 2.02. The summed E-state index contributed by atoms with van der Waals surface area (Å²) in [6.45, 7) is 9.23. The molecule has 0 saturated carbocycles. The molecule has 0 aliphatic rings. The van der Waals surface area contributed by atoms with Crippen LogP contribution < -0.4 is 5.32 Å². The van der Waals surface area contributed by atoms with Crippen LogP contribution >= 0.6 is 0 Å². The highest BCUT2D eigenvalue weighted by Crippen LogP contribution is 2.12. The molecule has 0 radical (unpaired) electrons. The van der Waals surface area contributed by atoms with Gasteiger partial charge in [-0.25, -0.2) is 0 Å². The molecular formula is C15H31N3O2. The number of rotatable bonds is 13. The molecule has 20 heavy (non-hydrogen) atoms. The van der Waals surface area contributed by atoms with E-state index in [4.69, 9.17) is 9.47 Å². The van der Waals surface area contributed by atoms with Crippen LogP contribution in [0.4, 0.5) is 0 Å². The normalized spacial score (nSPS) is 14.2. The van der Waals surface area contributed by atoms with Crippen molar-refractivity contribution in [2.75, 3.05) is 53.6 Å². The molecule has 5 heteroatoms. The molecule has 0 amide bonds. The SMILES string of the molecule is CCCNC(C)(C#N)CCCN(CCOC)CCOC. The van der Waals surface area contributed by atoms with Gasteiger partial charge in [0.15, 0.2) is 0 Å². The second-order valence-corrected chi connectivity index (χ2v) is 5.30. The predicted molar refractivity (Wildman–Crippen MR) is 81.7 cm³/mol. The Morgan fingerprint density at radius 1 is 1.15 bits per heavy atom. The summed E-state index contributed by atoms with van der Waals surface area (Å²) in [4.78, 5) is 2.32. The number of ether oxygens (including phenoxy) is 2. The molecule has 1 unspecified atom stereocenters. The quantitative estimate of drug-likeness (QED) is 0.557. The van der Waals surface area contributed by atoms with Gasteiger partial charge in [0.2, 0.25) is 0 Å². The minimum absolute atomic E-state index is 0.413. The van der Waals surface area contributed by atoms with E-state index in [0.29, 0.717) is 0 Å². The third-order valence-corrected chi connectivity index (χ3v) is 3.39. The van der Waals surface area contributed by atoms with Crippen molar-refractivity contribution in [1.82, 2.24) is 10.2 Å². The number of hydrogen-bond donors (Lipinski definition) is 1. The fraction of sp³-hybridized carbons (Fsp3) is 0.933. The first-order valence-corrected chi connectivity index (χ1v) is 7.48. The van der Waals surface area contributed by atoms with Crippen molar-refractivity contribution in [3.63, 3.8) is 0 Å². The van der Waals surface area contributed by atoms with Gasteiger partial charge in [0, 0.05) is 27.3 Å². The van der Waals surface area contributed by atoms with Gasteiger partial charge in [-0.05, 0) is 39.3 Å². The summed E-state index contributed by atoms with van der Waals surface area (Å²) in [5.41, 5.74) is -0.413. The van der Waals surface area contributed by atoms with Gasteiger partial charge in [0.1, 0.15) is 5.54 Å². The Balaban J connectivity index is 4.08. The van der Waals surface area contributed by atoms with Gasteiger partial charge in [-0.15, -0.1) is 0 Å². The number of nitriles is 1. The maximum absolute atomic E-state index is 9.29. The minimum Gasteiger partial charge on any atom is -0.383 e. The monoisotopic (exact) mass is 285 g/mol. The molecule has 0 rings (SSSR count). The highest BCUT2D eigenvalue weighted by atomic mass is 16.5. The zero-order chi connectivity index (χ0) is 15.3. The van der Waals surface area contributed by atoms with Crippen LogP contribution in [0.5, 0.6) is 0 Å². The maximum Gasteiger partial charge on any atom is 0.103 e. The Morgan fingerprint density at radius 3 is 2.20 bits per heavy atom. The van der Waals surface area contributed by atoms with Gasteiger partial charge >= 0.3 is 0 Å². The molecule has 0 fully saturated rings. The fourth-order valence-corrected chi connectivity index (χ4v) is 2.02. The van der Waals surface area contributed by atoms with E-state index >= 15 is 0 Å². The van der Waals surface area contributed by atoms with E-state index in [1.54, 1.807) is 14.2 Å². The van der Waals surface area contributed by atoms with E-state index < -0.39 is 5.54 Å². The second kappa shape index (κ2) is 12.1. The van der Waals surface area contributed by atoms with Crippen molar-refractivity contribution in [3.8, 4) is 6.07 Å². The Kier molecular flexibility index (Phi) is 11.7. The lowest BCUT2D eigenvalue weighted by Gasteiger charge is -2.26. The Hall–Kier alpha value is -0.670. The van der Waals surface area contributed by atoms with Crippen LogP contribution in [-0.4, -0.2) is 64.1 Å². The van der Waals surface area contributed by atoms with Gasteiger partial charge in [-0.3, -0.25) is 10.2 Å². The average molecular weight is 285 g/mol. The molecule has 0 aromatic heterocycles. The summed E-state index contributed by atoms with van der Waals surface area (Å²) in [7, 11) is 3.44. The van der Waals surface area contributed by atoms with Crippen molar-refractivity contribution < 1.29 is 9.47 Å². The van der Waals surface area contributed by atoms with Crippen molar-refractivity contribution in [2.24, 2.45) is 0 Å². The molecule has 5 nitrogen and oxygen atoms in total. The Morgan fingerprint density at radius 2 is 1.75 bits per heavy atom. The van der Waals surface area contributed by atoms with Gasteiger partial charge < -0.3 is 9.47 Å². The largest absolute Gasteiger partial charge is 0.383 e. The lowest BCUT2D eigenvalue weighted by molar-refractivity contribution is 0.112. The van der Waals surface area contributed by atoms with Crippen LogP contribution in [0.15, 0.2) is 0 Å². The van der Waals surface area contributed by atoms with E-state index in [1.165, 1.54) is 0 Å².